The SMILES string of the molecule is O=C(O)CC(=O)OCCC12CC3CC(CC(C3)C1)C2. The standard InChI is InChI=1S/C15H22O4/c16-13(17)6-14(18)19-2-1-15-7-10-3-11(8-15)5-12(4-10)9-15/h10-12H,1-9H2,(H,16,17). The van der Waals surface area contributed by atoms with Crippen LogP contribution < -0.4 is 0 Å². The molecule has 4 heteroatoms. The highest BCUT2D eigenvalue weighted by molar-refractivity contribution is 5.90. The monoisotopic (exact) mass is 266 g/mol. The molecule has 4 aliphatic carbocycles. The molecule has 0 aromatic rings. The zero-order valence-electron chi connectivity index (χ0n) is 11.3. The third-order valence-corrected chi connectivity index (χ3v) is 5.36. The van der Waals surface area contributed by atoms with Crippen molar-refractivity contribution in [1.29, 1.82) is 0 Å². The van der Waals surface area contributed by atoms with Gasteiger partial charge in [-0.15, -0.1) is 0 Å². The number of esters is 1. The predicted molar refractivity (Wildman–Crippen MR) is 68.4 cm³/mol. The van der Waals surface area contributed by atoms with E-state index < -0.39 is 18.4 Å². The Morgan fingerprint density at radius 1 is 1.05 bits per heavy atom. The average molecular weight is 266 g/mol. The van der Waals surface area contributed by atoms with Crippen molar-refractivity contribution in [2.45, 2.75) is 51.4 Å². The quantitative estimate of drug-likeness (QED) is 0.613. The molecule has 1 N–H and O–H groups in total. The molecule has 4 nitrogen and oxygen atoms in total. The van der Waals surface area contributed by atoms with Crippen LogP contribution >= 0.6 is 0 Å². The summed E-state index contributed by atoms with van der Waals surface area (Å²) in [7, 11) is 0. The number of carbonyl (C=O) groups excluding carboxylic acids is 1. The van der Waals surface area contributed by atoms with Crippen molar-refractivity contribution in [2.24, 2.45) is 23.2 Å². The Labute approximate surface area is 113 Å². The normalized spacial score (nSPS) is 39.3. The predicted octanol–water partition coefficient (Wildman–Crippen LogP) is 2.61. The molecule has 106 valence electrons. The molecule has 0 aromatic heterocycles. The number of hydrogen-bond acceptors (Lipinski definition) is 3. The zero-order chi connectivity index (χ0) is 13.5. The lowest BCUT2D eigenvalue weighted by Gasteiger charge is -2.57. The van der Waals surface area contributed by atoms with E-state index in [-0.39, 0.29) is 0 Å². The fourth-order valence-corrected chi connectivity index (χ4v) is 5.15. The molecule has 0 heterocycles. The lowest BCUT2D eigenvalue weighted by molar-refractivity contribution is -0.152. The van der Waals surface area contributed by atoms with Gasteiger partial charge in [0.05, 0.1) is 6.61 Å². The Morgan fingerprint density at radius 3 is 2.05 bits per heavy atom. The number of carboxylic acid groups (broad SMARTS) is 1. The average Bonchev–Trinajstić information content (AvgIpc) is 2.25. The van der Waals surface area contributed by atoms with E-state index in [1.54, 1.807) is 0 Å². The van der Waals surface area contributed by atoms with Gasteiger partial charge in [-0.25, -0.2) is 0 Å². The molecule has 0 atom stereocenters. The first-order valence-electron chi connectivity index (χ1n) is 7.42. The van der Waals surface area contributed by atoms with E-state index in [9.17, 15) is 9.59 Å². The lowest BCUT2D eigenvalue weighted by Crippen LogP contribution is -2.46. The van der Waals surface area contributed by atoms with Crippen LogP contribution in [0.5, 0.6) is 0 Å². The van der Waals surface area contributed by atoms with Crippen LogP contribution in [-0.2, 0) is 14.3 Å². The van der Waals surface area contributed by atoms with Crippen LogP contribution in [0, 0.1) is 23.2 Å². The first-order valence-corrected chi connectivity index (χ1v) is 7.42. The minimum Gasteiger partial charge on any atom is -0.481 e. The van der Waals surface area contributed by atoms with Gasteiger partial charge in [0.1, 0.15) is 6.42 Å². The first kappa shape index (κ1) is 12.9. The van der Waals surface area contributed by atoms with Gasteiger partial charge in [0.25, 0.3) is 0 Å². The van der Waals surface area contributed by atoms with Crippen molar-refractivity contribution in [3.8, 4) is 0 Å². The third kappa shape index (κ3) is 2.77. The van der Waals surface area contributed by atoms with Crippen molar-refractivity contribution < 1.29 is 19.4 Å². The maximum atomic E-state index is 11.2. The second-order valence-electron chi connectivity index (χ2n) is 6.96. The van der Waals surface area contributed by atoms with Crippen LogP contribution in [0.25, 0.3) is 0 Å². The summed E-state index contributed by atoms with van der Waals surface area (Å²) in [6.07, 6.45) is 8.57. The van der Waals surface area contributed by atoms with Crippen molar-refractivity contribution in [1.82, 2.24) is 0 Å². The first-order chi connectivity index (χ1) is 9.05. The highest BCUT2D eigenvalue weighted by Gasteiger charge is 2.50. The van der Waals surface area contributed by atoms with Crippen LogP contribution in [0.1, 0.15) is 51.4 Å². The molecule has 4 fully saturated rings. The fraction of sp³-hybridized carbons (Fsp3) is 0.867. The largest absolute Gasteiger partial charge is 0.481 e. The number of rotatable bonds is 5. The molecule has 4 bridgehead atoms. The number of hydrogen-bond donors (Lipinski definition) is 1. The van der Waals surface area contributed by atoms with Gasteiger partial charge >= 0.3 is 11.9 Å². The lowest BCUT2D eigenvalue weighted by atomic mass is 9.49. The Bertz CT molecular complexity index is 352. The molecular weight excluding hydrogens is 244 g/mol. The Balaban J connectivity index is 1.50. The molecule has 0 saturated heterocycles. The number of ether oxygens (including phenoxy) is 1. The molecule has 4 saturated carbocycles. The molecular formula is C15H22O4. The smallest absolute Gasteiger partial charge is 0.317 e. The summed E-state index contributed by atoms with van der Waals surface area (Å²) in [5.41, 5.74) is 0.401. The minimum absolute atomic E-state index is 0.401. The number of carboxylic acids is 1. The molecule has 0 radical (unpaired) electrons. The summed E-state index contributed by atoms with van der Waals surface area (Å²) in [6, 6.07) is 0. The second-order valence-corrected chi connectivity index (χ2v) is 6.96. The maximum absolute atomic E-state index is 11.2. The van der Waals surface area contributed by atoms with E-state index in [1.165, 1.54) is 38.5 Å². The fourth-order valence-electron chi connectivity index (χ4n) is 5.15. The molecule has 4 aliphatic rings. The molecule has 0 amide bonds. The van der Waals surface area contributed by atoms with Crippen LogP contribution in [-0.4, -0.2) is 23.7 Å². The van der Waals surface area contributed by atoms with Crippen molar-refractivity contribution in [3.63, 3.8) is 0 Å². The minimum atomic E-state index is -1.11. The summed E-state index contributed by atoms with van der Waals surface area (Å²) in [4.78, 5) is 21.6. The Kier molecular flexibility index (Phi) is 3.27. The van der Waals surface area contributed by atoms with E-state index >= 15 is 0 Å². The van der Waals surface area contributed by atoms with E-state index in [0.29, 0.717) is 12.0 Å². The van der Waals surface area contributed by atoms with Crippen molar-refractivity contribution in [2.75, 3.05) is 6.61 Å². The summed E-state index contributed by atoms with van der Waals surface area (Å²) in [5, 5.41) is 8.51. The van der Waals surface area contributed by atoms with Gasteiger partial charge < -0.3 is 9.84 Å². The van der Waals surface area contributed by atoms with Gasteiger partial charge in [0.2, 0.25) is 0 Å². The van der Waals surface area contributed by atoms with Gasteiger partial charge in [-0.1, -0.05) is 0 Å². The topological polar surface area (TPSA) is 63.6 Å². The zero-order valence-corrected chi connectivity index (χ0v) is 11.3. The summed E-state index contributed by atoms with van der Waals surface area (Å²) >= 11 is 0. The van der Waals surface area contributed by atoms with Crippen LogP contribution in [0.4, 0.5) is 0 Å². The van der Waals surface area contributed by atoms with Crippen molar-refractivity contribution in [3.05, 3.63) is 0 Å². The van der Waals surface area contributed by atoms with E-state index in [0.717, 1.165) is 24.2 Å². The van der Waals surface area contributed by atoms with Crippen molar-refractivity contribution >= 4 is 11.9 Å². The maximum Gasteiger partial charge on any atom is 0.317 e. The third-order valence-electron chi connectivity index (χ3n) is 5.36. The van der Waals surface area contributed by atoms with Gasteiger partial charge in [0, 0.05) is 0 Å². The van der Waals surface area contributed by atoms with Gasteiger partial charge in [-0.3, -0.25) is 9.59 Å². The molecule has 4 rings (SSSR count). The number of carbonyl (C=O) groups is 2. The molecule has 0 aliphatic heterocycles. The molecule has 19 heavy (non-hydrogen) atoms. The van der Waals surface area contributed by atoms with Crippen LogP contribution in [0.3, 0.4) is 0 Å². The van der Waals surface area contributed by atoms with E-state index in [4.69, 9.17) is 9.84 Å². The van der Waals surface area contributed by atoms with Gasteiger partial charge in [-0.05, 0) is 68.1 Å². The Morgan fingerprint density at radius 2 is 1.58 bits per heavy atom. The van der Waals surface area contributed by atoms with Gasteiger partial charge in [-0.2, -0.15) is 0 Å². The summed E-state index contributed by atoms with van der Waals surface area (Å²) < 4.78 is 5.07. The number of aliphatic carboxylic acids is 1. The molecule has 0 spiro atoms. The molecule has 0 aromatic carbocycles. The highest BCUT2D eigenvalue weighted by atomic mass is 16.5. The van der Waals surface area contributed by atoms with Crippen LogP contribution in [0.15, 0.2) is 0 Å². The Hall–Kier alpha value is -1.06. The van der Waals surface area contributed by atoms with E-state index in [2.05, 4.69) is 0 Å². The van der Waals surface area contributed by atoms with E-state index in [1.807, 2.05) is 0 Å². The highest BCUT2D eigenvalue weighted by Crippen LogP contribution is 2.61. The molecule has 0 unspecified atom stereocenters. The summed E-state index contributed by atoms with van der Waals surface area (Å²) in [6.45, 7) is 0.401. The summed E-state index contributed by atoms with van der Waals surface area (Å²) in [5.74, 6) is 1.000. The second kappa shape index (κ2) is 4.80. The van der Waals surface area contributed by atoms with Gasteiger partial charge in [0.15, 0.2) is 0 Å². The van der Waals surface area contributed by atoms with Crippen LogP contribution in [0.2, 0.25) is 0 Å².